The minimum absolute atomic E-state index is 0.441. The molecule has 0 unspecified atom stereocenters. The number of para-hydroxylation sites is 1. The summed E-state index contributed by atoms with van der Waals surface area (Å²) in [5, 5.41) is 2.94. The van der Waals surface area contributed by atoms with Gasteiger partial charge >= 0.3 is 0 Å². The molecular formula is C16H12ClNOS. The Morgan fingerprint density at radius 3 is 2.55 bits per heavy atom. The summed E-state index contributed by atoms with van der Waals surface area (Å²) in [6.07, 6.45) is 0. The smallest absolute Gasteiger partial charge is 0.128 e. The first kappa shape index (κ1) is 13.2. The van der Waals surface area contributed by atoms with Gasteiger partial charge in [-0.05, 0) is 24.3 Å². The lowest BCUT2D eigenvalue weighted by molar-refractivity contribution is 0.483. The first-order valence-electron chi connectivity index (χ1n) is 6.19. The quantitative estimate of drug-likeness (QED) is 0.607. The molecule has 0 aliphatic rings. The fraction of sp³-hybridized carbons (Fsp3) is 0.0625. The van der Waals surface area contributed by atoms with Crippen LogP contribution in [0.5, 0.6) is 11.5 Å². The predicted octanol–water partition coefficient (Wildman–Crippen LogP) is 5.34. The molecule has 2 nitrogen and oxygen atoms in total. The molecule has 0 aliphatic heterocycles. The van der Waals surface area contributed by atoms with Gasteiger partial charge in [0.1, 0.15) is 16.5 Å². The van der Waals surface area contributed by atoms with Crippen LogP contribution in [-0.2, 0) is 5.88 Å². The largest absolute Gasteiger partial charge is 0.457 e. The number of benzene rings is 2. The van der Waals surface area contributed by atoms with Crippen LogP contribution >= 0.6 is 22.9 Å². The highest BCUT2D eigenvalue weighted by molar-refractivity contribution is 7.13. The third kappa shape index (κ3) is 3.00. The van der Waals surface area contributed by atoms with Crippen LogP contribution in [-0.4, -0.2) is 4.98 Å². The molecule has 0 atom stereocenters. The van der Waals surface area contributed by atoms with Crippen molar-refractivity contribution in [1.82, 2.24) is 4.98 Å². The first-order valence-corrected chi connectivity index (χ1v) is 7.60. The SMILES string of the molecule is ClCc1csc(-c2cccc(Oc3ccccc3)c2)n1. The molecule has 2 aromatic carbocycles. The van der Waals surface area contributed by atoms with Crippen molar-refractivity contribution in [3.63, 3.8) is 0 Å². The molecule has 0 saturated carbocycles. The molecule has 0 aliphatic carbocycles. The minimum atomic E-state index is 0.441. The van der Waals surface area contributed by atoms with Crippen molar-refractivity contribution in [2.45, 2.75) is 5.88 Å². The van der Waals surface area contributed by atoms with E-state index in [0.717, 1.165) is 27.8 Å². The summed E-state index contributed by atoms with van der Waals surface area (Å²) in [6, 6.07) is 17.6. The number of rotatable bonds is 4. The van der Waals surface area contributed by atoms with E-state index in [-0.39, 0.29) is 0 Å². The Hall–Kier alpha value is -1.84. The Morgan fingerprint density at radius 1 is 1.00 bits per heavy atom. The number of halogens is 1. The van der Waals surface area contributed by atoms with E-state index in [0.29, 0.717) is 5.88 Å². The lowest BCUT2D eigenvalue weighted by Crippen LogP contribution is -1.85. The molecule has 0 saturated heterocycles. The van der Waals surface area contributed by atoms with Crippen LogP contribution in [0.1, 0.15) is 5.69 Å². The van der Waals surface area contributed by atoms with Crippen molar-refractivity contribution in [1.29, 1.82) is 0 Å². The molecule has 0 radical (unpaired) electrons. The molecule has 0 amide bonds. The first-order chi connectivity index (χ1) is 9.85. The van der Waals surface area contributed by atoms with Crippen LogP contribution in [0.3, 0.4) is 0 Å². The van der Waals surface area contributed by atoms with Crippen LogP contribution in [0.15, 0.2) is 60.0 Å². The maximum atomic E-state index is 5.82. The van der Waals surface area contributed by atoms with Crippen LogP contribution in [0, 0.1) is 0 Å². The average Bonchev–Trinajstić information content (AvgIpc) is 2.98. The second kappa shape index (κ2) is 6.07. The van der Waals surface area contributed by atoms with Gasteiger partial charge in [-0.15, -0.1) is 22.9 Å². The second-order valence-corrected chi connectivity index (χ2v) is 5.35. The monoisotopic (exact) mass is 301 g/mol. The van der Waals surface area contributed by atoms with Gasteiger partial charge in [0.15, 0.2) is 0 Å². The minimum Gasteiger partial charge on any atom is -0.457 e. The van der Waals surface area contributed by atoms with Gasteiger partial charge in [0.2, 0.25) is 0 Å². The Balaban J connectivity index is 1.86. The molecule has 100 valence electrons. The second-order valence-electron chi connectivity index (χ2n) is 4.22. The Morgan fingerprint density at radius 2 is 1.80 bits per heavy atom. The summed E-state index contributed by atoms with van der Waals surface area (Å²) in [7, 11) is 0. The number of thiazole rings is 1. The van der Waals surface area contributed by atoms with E-state index < -0.39 is 0 Å². The molecule has 20 heavy (non-hydrogen) atoms. The van der Waals surface area contributed by atoms with Gasteiger partial charge in [-0.3, -0.25) is 0 Å². The molecule has 0 spiro atoms. The third-order valence-electron chi connectivity index (χ3n) is 2.75. The normalized spacial score (nSPS) is 10.4. The predicted molar refractivity (Wildman–Crippen MR) is 83.6 cm³/mol. The van der Waals surface area contributed by atoms with Crippen LogP contribution in [0.25, 0.3) is 10.6 Å². The number of nitrogens with zero attached hydrogens (tertiary/aromatic N) is 1. The molecule has 0 bridgehead atoms. The zero-order chi connectivity index (χ0) is 13.8. The Labute approximate surface area is 126 Å². The zero-order valence-corrected chi connectivity index (χ0v) is 12.2. The van der Waals surface area contributed by atoms with E-state index >= 15 is 0 Å². The summed E-state index contributed by atoms with van der Waals surface area (Å²) in [5.41, 5.74) is 1.95. The van der Waals surface area contributed by atoms with E-state index in [1.807, 2.05) is 60.0 Å². The number of alkyl halides is 1. The molecule has 1 heterocycles. The van der Waals surface area contributed by atoms with Gasteiger partial charge in [0.05, 0.1) is 11.6 Å². The number of aromatic nitrogens is 1. The summed E-state index contributed by atoms with van der Waals surface area (Å²) < 4.78 is 5.82. The van der Waals surface area contributed by atoms with Gasteiger partial charge in [-0.1, -0.05) is 30.3 Å². The molecule has 4 heteroatoms. The van der Waals surface area contributed by atoms with Gasteiger partial charge in [0, 0.05) is 10.9 Å². The zero-order valence-electron chi connectivity index (χ0n) is 10.6. The van der Waals surface area contributed by atoms with Crippen molar-refractivity contribution in [3.05, 3.63) is 65.7 Å². The fourth-order valence-corrected chi connectivity index (χ4v) is 2.86. The number of hydrogen-bond acceptors (Lipinski definition) is 3. The van der Waals surface area contributed by atoms with Gasteiger partial charge in [-0.2, -0.15) is 0 Å². The highest BCUT2D eigenvalue weighted by Crippen LogP contribution is 2.29. The van der Waals surface area contributed by atoms with Gasteiger partial charge in [0.25, 0.3) is 0 Å². The van der Waals surface area contributed by atoms with Crippen molar-refractivity contribution in [2.24, 2.45) is 0 Å². The fourth-order valence-electron chi connectivity index (χ4n) is 1.82. The maximum Gasteiger partial charge on any atom is 0.128 e. The van der Waals surface area contributed by atoms with E-state index in [4.69, 9.17) is 16.3 Å². The topological polar surface area (TPSA) is 22.1 Å². The van der Waals surface area contributed by atoms with E-state index in [2.05, 4.69) is 4.98 Å². The molecular weight excluding hydrogens is 290 g/mol. The molecule has 1 aromatic heterocycles. The molecule has 3 rings (SSSR count). The highest BCUT2D eigenvalue weighted by Gasteiger charge is 2.06. The summed E-state index contributed by atoms with van der Waals surface area (Å²) in [4.78, 5) is 4.48. The highest BCUT2D eigenvalue weighted by atomic mass is 35.5. The Kier molecular flexibility index (Phi) is 4.00. The van der Waals surface area contributed by atoms with Crippen molar-refractivity contribution < 1.29 is 4.74 Å². The molecule has 0 N–H and O–H groups in total. The van der Waals surface area contributed by atoms with Crippen LogP contribution < -0.4 is 4.74 Å². The maximum absolute atomic E-state index is 5.82. The van der Waals surface area contributed by atoms with Gasteiger partial charge in [-0.25, -0.2) is 4.98 Å². The number of hydrogen-bond donors (Lipinski definition) is 0. The average molecular weight is 302 g/mol. The molecule has 3 aromatic rings. The Bertz CT molecular complexity index is 696. The summed E-state index contributed by atoms with van der Waals surface area (Å²) in [5.74, 6) is 2.07. The number of ether oxygens (including phenoxy) is 1. The third-order valence-corrected chi connectivity index (χ3v) is 3.96. The lowest BCUT2D eigenvalue weighted by Gasteiger charge is -2.06. The van der Waals surface area contributed by atoms with E-state index in [9.17, 15) is 0 Å². The van der Waals surface area contributed by atoms with Crippen LogP contribution in [0.2, 0.25) is 0 Å². The van der Waals surface area contributed by atoms with E-state index in [1.165, 1.54) is 0 Å². The summed E-state index contributed by atoms with van der Waals surface area (Å²) in [6.45, 7) is 0. The van der Waals surface area contributed by atoms with Crippen molar-refractivity contribution in [3.8, 4) is 22.1 Å². The lowest BCUT2D eigenvalue weighted by atomic mass is 10.2. The van der Waals surface area contributed by atoms with Crippen molar-refractivity contribution in [2.75, 3.05) is 0 Å². The van der Waals surface area contributed by atoms with Gasteiger partial charge < -0.3 is 4.74 Å². The standard InChI is InChI=1S/C16H12ClNOS/c17-10-13-11-20-16(18-13)12-5-4-8-15(9-12)19-14-6-2-1-3-7-14/h1-9,11H,10H2. The van der Waals surface area contributed by atoms with Crippen molar-refractivity contribution >= 4 is 22.9 Å². The van der Waals surface area contributed by atoms with Crippen LogP contribution in [0.4, 0.5) is 0 Å². The summed E-state index contributed by atoms with van der Waals surface area (Å²) >= 11 is 7.38. The van der Waals surface area contributed by atoms with E-state index in [1.54, 1.807) is 11.3 Å². The molecule has 0 fully saturated rings.